The summed E-state index contributed by atoms with van der Waals surface area (Å²) in [4.78, 5) is 19.5. The van der Waals surface area contributed by atoms with Crippen molar-refractivity contribution in [1.29, 1.82) is 0 Å². The van der Waals surface area contributed by atoms with Crippen LogP contribution in [0.4, 0.5) is 28.1 Å². The largest absolute Gasteiger partial charge is 0.378 e. The van der Waals surface area contributed by atoms with Gasteiger partial charge < -0.3 is 20.3 Å². The van der Waals surface area contributed by atoms with Crippen molar-refractivity contribution in [3.8, 4) is 0 Å². The number of H-pyrrole nitrogens is 1. The van der Waals surface area contributed by atoms with E-state index in [1.165, 1.54) is 26.2 Å². The fraction of sp³-hybridized carbons (Fsp3) is 0.450. The smallest absolute Gasteiger partial charge is 0.235 e. The van der Waals surface area contributed by atoms with Crippen LogP contribution in [0.3, 0.4) is 0 Å². The van der Waals surface area contributed by atoms with Crippen molar-refractivity contribution in [2.24, 2.45) is 0 Å². The molecule has 15 heteroatoms. The number of nitrogens with one attached hydrogen (secondary N) is 3. The lowest BCUT2D eigenvalue weighted by Crippen LogP contribution is -2.37. The van der Waals surface area contributed by atoms with Crippen LogP contribution in [-0.2, 0) is 14.8 Å². The average Bonchev–Trinajstić information content (AvgIpc) is 3.23. The molecule has 1 saturated heterocycles. The normalized spacial score (nSPS) is 15.3. The first kappa shape index (κ1) is 24.7. The predicted molar refractivity (Wildman–Crippen MR) is 127 cm³/mol. The number of anilines is 4. The van der Waals surface area contributed by atoms with E-state index in [0.717, 1.165) is 16.2 Å². The van der Waals surface area contributed by atoms with Crippen LogP contribution in [0.2, 0.25) is 0 Å². The quantitative estimate of drug-likeness (QED) is 0.382. The van der Waals surface area contributed by atoms with Gasteiger partial charge in [0.05, 0.1) is 36.9 Å². The van der Waals surface area contributed by atoms with E-state index in [9.17, 15) is 12.8 Å². The van der Waals surface area contributed by atoms with Gasteiger partial charge in [-0.2, -0.15) is 20.1 Å². The Hall–Kier alpha value is -3.43. The molecule has 3 aromatic heterocycles. The van der Waals surface area contributed by atoms with Crippen LogP contribution in [0.1, 0.15) is 17.4 Å². The van der Waals surface area contributed by atoms with Crippen molar-refractivity contribution in [2.75, 3.05) is 61.7 Å². The van der Waals surface area contributed by atoms with E-state index < -0.39 is 21.9 Å². The van der Waals surface area contributed by atoms with Gasteiger partial charge in [0.2, 0.25) is 27.9 Å². The second kappa shape index (κ2) is 10.5. The molecule has 13 nitrogen and oxygen atoms in total. The molecule has 3 N–H and O–H groups in total. The summed E-state index contributed by atoms with van der Waals surface area (Å²) in [6.07, 6.45) is 1.03. The molecule has 1 atom stereocenters. The van der Waals surface area contributed by atoms with Crippen molar-refractivity contribution in [1.82, 2.24) is 34.4 Å². The highest BCUT2D eigenvalue weighted by Crippen LogP contribution is 2.23. The molecular weight excluding hydrogens is 479 g/mol. The minimum Gasteiger partial charge on any atom is -0.378 e. The minimum absolute atomic E-state index is 0.126. The molecule has 1 unspecified atom stereocenters. The number of aryl methyl sites for hydroxylation is 1. The van der Waals surface area contributed by atoms with Gasteiger partial charge >= 0.3 is 0 Å². The standard InChI is InChI=1S/C20H27FN10O3S/c1-13-10-17(29-28-13)24-19-25-18(26-20(27-19)31-6-8-34-9-7-31)23-16(12-35(32,33)30(2)3)15-5-4-14(21)11-22-15/h4-5,10-11,16H,6-9,12H2,1-3H3,(H3,23,24,25,26,27,28,29). The summed E-state index contributed by atoms with van der Waals surface area (Å²) in [7, 11) is -0.768. The summed E-state index contributed by atoms with van der Waals surface area (Å²) in [5.74, 6) is 0.372. The number of sulfonamides is 1. The molecule has 0 radical (unpaired) electrons. The van der Waals surface area contributed by atoms with E-state index in [-0.39, 0.29) is 17.6 Å². The molecule has 1 aliphatic rings. The summed E-state index contributed by atoms with van der Waals surface area (Å²) in [6, 6.07) is 3.58. The average molecular weight is 507 g/mol. The molecule has 0 bridgehead atoms. The van der Waals surface area contributed by atoms with Gasteiger partial charge in [0, 0.05) is 38.9 Å². The van der Waals surface area contributed by atoms with E-state index in [0.29, 0.717) is 43.8 Å². The number of hydrogen-bond donors (Lipinski definition) is 3. The highest BCUT2D eigenvalue weighted by atomic mass is 32.2. The summed E-state index contributed by atoms with van der Waals surface area (Å²) < 4.78 is 45.4. The first-order valence-electron chi connectivity index (χ1n) is 10.9. The Morgan fingerprint density at radius 3 is 2.57 bits per heavy atom. The summed E-state index contributed by atoms with van der Waals surface area (Å²) >= 11 is 0. The molecule has 1 aliphatic heterocycles. The zero-order chi connectivity index (χ0) is 25.0. The molecule has 0 saturated carbocycles. The van der Waals surface area contributed by atoms with Crippen LogP contribution in [0, 0.1) is 12.7 Å². The molecular formula is C20H27FN10O3S. The second-order valence-electron chi connectivity index (χ2n) is 8.10. The zero-order valence-corrected chi connectivity index (χ0v) is 20.4. The third kappa shape index (κ3) is 6.37. The number of hydrogen-bond acceptors (Lipinski definition) is 11. The molecule has 0 aliphatic carbocycles. The van der Waals surface area contributed by atoms with Crippen LogP contribution < -0.4 is 15.5 Å². The fourth-order valence-electron chi connectivity index (χ4n) is 3.30. The summed E-state index contributed by atoms with van der Waals surface area (Å²) in [6.45, 7) is 4.09. The van der Waals surface area contributed by atoms with Crippen LogP contribution in [0.25, 0.3) is 0 Å². The Balaban J connectivity index is 1.69. The van der Waals surface area contributed by atoms with Gasteiger partial charge in [0.15, 0.2) is 5.82 Å². The number of halogens is 1. The lowest BCUT2D eigenvalue weighted by atomic mass is 10.2. The highest BCUT2D eigenvalue weighted by molar-refractivity contribution is 7.89. The number of ether oxygens (including phenoxy) is 1. The van der Waals surface area contributed by atoms with E-state index in [1.807, 2.05) is 11.8 Å². The number of morpholine rings is 1. The lowest BCUT2D eigenvalue weighted by Gasteiger charge is -2.27. The van der Waals surface area contributed by atoms with Gasteiger partial charge in [-0.1, -0.05) is 0 Å². The van der Waals surface area contributed by atoms with Crippen LogP contribution in [0.5, 0.6) is 0 Å². The number of rotatable bonds is 9. The van der Waals surface area contributed by atoms with E-state index >= 15 is 0 Å². The predicted octanol–water partition coefficient (Wildman–Crippen LogP) is 1.06. The Bertz CT molecular complexity index is 1250. The Labute approximate surface area is 202 Å². The molecule has 0 aromatic carbocycles. The first-order valence-corrected chi connectivity index (χ1v) is 12.5. The second-order valence-corrected chi connectivity index (χ2v) is 10.3. The maximum atomic E-state index is 13.5. The third-order valence-electron chi connectivity index (χ3n) is 5.21. The molecule has 0 spiro atoms. The minimum atomic E-state index is -3.65. The van der Waals surface area contributed by atoms with Gasteiger partial charge in [-0.15, -0.1) is 0 Å². The molecule has 4 heterocycles. The van der Waals surface area contributed by atoms with Crippen molar-refractivity contribution < 1.29 is 17.5 Å². The van der Waals surface area contributed by atoms with Crippen molar-refractivity contribution in [2.45, 2.75) is 13.0 Å². The number of aromatic amines is 1. The molecule has 4 rings (SSSR count). The molecule has 188 valence electrons. The summed E-state index contributed by atoms with van der Waals surface area (Å²) in [5.41, 5.74) is 1.17. The van der Waals surface area contributed by atoms with Crippen molar-refractivity contribution in [3.05, 3.63) is 41.6 Å². The van der Waals surface area contributed by atoms with Crippen molar-refractivity contribution >= 4 is 33.7 Å². The fourth-order valence-corrected chi connectivity index (χ4v) is 4.27. The number of pyridine rings is 1. The van der Waals surface area contributed by atoms with Crippen LogP contribution >= 0.6 is 0 Å². The third-order valence-corrected chi connectivity index (χ3v) is 7.07. The number of nitrogens with zero attached hydrogens (tertiary/aromatic N) is 7. The maximum absolute atomic E-state index is 13.5. The first-order chi connectivity index (χ1) is 16.7. The van der Waals surface area contributed by atoms with E-state index in [1.54, 1.807) is 6.07 Å². The molecule has 3 aromatic rings. The van der Waals surface area contributed by atoms with Crippen LogP contribution in [-0.4, -0.2) is 89.0 Å². The van der Waals surface area contributed by atoms with E-state index in [2.05, 4.69) is 40.8 Å². The molecule has 35 heavy (non-hydrogen) atoms. The zero-order valence-electron chi connectivity index (χ0n) is 19.6. The van der Waals surface area contributed by atoms with Gasteiger partial charge in [-0.05, 0) is 19.1 Å². The molecule has 0 amide bonds. The van der Waals surface area contributed by atoms with Crippen molar-refractivity contribution in [3.63, 3.8) is 0 Å². The lowest BCUT2D eigenvalue weighted by molar-refractivity contribution is 0.122. The monoisotopic (exact) mass is 506 g/mol. The number of aromatic nitrogens is 6. The Kier molecular flexibility index (Phi) is 7.37. The van der Waals surface area contributed by atoms with Crippen LogP contribution in [0.15, 0.2) is 24.4 Å². The highest BCUT2D eigenvalue weighted by Gasteiger charge is 2.26. The van der Waals surface area contributed by atoms with Gasteiger partial charge in [-0.3, -0.25) is 10.1 Å². The summed E-state index contributed by atoms with van der Waals surface area (Å²) in [5, 5.41) is 13.1. The Morgan fingerprint density at radius 2 is 1.94 bits per heavy atom. The molecule has 1 fully saturated rings. The Morgan fingerprint density at radius 1 is 1.20 bits per heavy atom. The van der Waals surface area contributed by atoms with Gasteiger partial charge in [0.25, 0.3) is 0 Å². The SMILES string of the molecule is Cc1cc(Nc2nc(NC(CS(=O)(=O)N(C)C)c3ccc(F)cn3)nc(N3CCOCC3)n2)n[nH]1. The van der Waals surface area contributed by atoms with E-state index in [4.69, 9.17) is 4.74 Å². The van der Waals surface area contributed by atoms with Gasteiger partial charge in [-0.25, -0.2) is 17.1 Å². The topological polar surface area (TPSA) is 154 Å². The maximum Gasteiger partial charge on any atom is 0.235 e. The van der Waals surface area contributed by atoms with Gasteiger partial charge in [0.1, 0.15) is 5.82 Å².